The maximum Gasteiger partial charge on any atom is 0.210 e. The van der Waals surface area contributed by atoms with Gasteiger partial charge in [-0.3, -0.25) is 5.43 Å². The molecule has 104 valence electrons. The second-order valence-electron chi connectivity index (χ2n) is 4.43. The summed E-state index contributed by atoms with van der Waals surface area (Å²) >= 11 is 0. The minimum Gasteiger partial charge on any atom is -0.323 e. The first kappa shape index (κ1) is 13.7. The summed E-state index contributed by atoms with van der Waals surface area (Å²) in [7, 11) is 0. The highest BCUT2D eigenvalue weighted by Gasteiger charge is 2.16. The summed E-state index contributed by atoms with van der Waals surface area (Å²) in [5.41, 5.74) is 1.93. The molecule has 1 aliphatic rings. The molecule has 0 radical (unpaired) electrons. The molecule has 1 saturated carbocycles. The smallest absolute Gasteiger partial charge is 0.210 e. The predicted octanol–water partition coefficient (Wildman–Crippen LogP) is 2.28. The van der Waals surface area contributed by atoms with E-state index in [0.29, 0.717) is 6.07 Å². The summed E-state index contributed by atoms with van der Waals surface area (Å²) in [4.78, 5) is 4.25. The van der Waals surface area contributed by atoms with E-state index in [1.807, 2.05) is 0 Å². The van der Waals surface area contributed by atoms with Gasteiger partial charge in [0, 0.05) is 12.1 Å². The van der Waals surface area contributed by atoms with Crippen LogP contribution in [0.3, 0.4) is 0 Å². The van der Waals surface area contributed by atoms with Gasteiger partial charge in [-0.15, -0.1) is 0 Å². The maximum atomic E-state index is 13.5. The number of halogens is 3. The van der Waals surface area contributed by atoms with E-state index >= 15 is 0 Å². The van der Waals surface area contributed by atoms with Gasteiger partial charge in [0.25, 0.3) is 0 Å². The molecule has 1 aliphatic carbocycles. The fraction of sp³-hybridized carbons (Fsp3) is 0.417. The number of guanidine groups is 1. The molecular formula is C12H15F3N4. The van der Waals surface area contributed by atoms with Crippen molar-refractivity contribution in [2.45, 2.75) is 31.7 Å². The van der Waals surface area contributed by atoms with Crippen molar-refractivity contribution < 1.29 is 13.2 Å². The predicted molar refractivity (Wildman–Crippen MR) is 67.0 cm³/mol. The Kier molecular flexibility index (Phi) is 4.26. The summed E-state index contributed by atoms with van der Waals surface area (Å²) in [6.07, 6.45) is 4.00. The Balaban J connectivity index is 2.18. The number of hydrazine groups is 1. The first-order chi connectivity index (χ1) is 9.10. The van der Waals surface area contributed by atoms with Crippen LogP contribution in [0.4, 0.5) is 18.9 Å². The zero-order valence-corrected chi connectivity index (χ0v) is 10.2. The van der Waals surface area contributed by atoms with Crippen molar-refractivity contribution in [3.05, 3.63) is 29.6 Å². The molecule has 0 heterocycles. The van der Waals surface area contributed by atoms with E-state index in [1.54, 1.807) is 0 Å². The SMILES string of the molecule is NNC(=NC1CCCC1)Nc1cc(F)cc(F)c1F. The molecule has 1 aromatic rings. The van der Waals surface area contributed by atoms with Gasteiger partial charge in [-0.1, -0.05) is 12.8 Å². The van der Waals surface area contributed by atoms with Gasteiger partial charge in [0.1, 0.15) is 5.82 Å². The van der Waals surface area contributed by atoms with Gasteiger partial charge in [-0.2, -0.15) is 0 Å². The lowest BCUT2D eigenvalue weighted by molar-refractivity contribution is 0.498. The van der Waals surface area contributed by atoms with Crippen LogP contribution in [0, 0.1) is 17.5 Å². The summed E-state index contributed by atoms with van der Waals surface area (Å²) < 4.78 is 39.5. The second kappa shape index (κ2) is 5.92. The lowest BCUT2D eigenvalue weighted by Crippen LogP contribution is -2.37. The van der Waals surface area contributed by atoms with Gasteiger partial charge >= 0.3 is 0 Å². The maximum absolute atomic E-state index is 13.5. The van der Waals surface area contributed by atoms with E-state index in [-0.39, 0.29) is 17.7 Å². The molecule has 0 atom stereocenters. The van der Waals surface area contributed by atoms with E-state index in [0.717, 1.165) is 31.7 Å². The van der Waals surface area contributed by atoms with Crippen LogP contribution in [0.1, 0.15) is 25.7 Å². The van der Waals surface area contributed by atoms with Crippen LogP contribution in [-0.2, 0) is 0 Å². The van der Waals surface area contributed by atoms with E-state index in [1.165, 1.54) is 0 Å². The topological polar surface area (TPSA) is 62.4 Å². The minimum absolute atomic E-state index is 0.0933. The average molecular weight is 272 g/mol. The molecule has 7 heteroatoms. The van der Waals surface area contributed by atoms with Gasteiger partial charge in [-0.05, 0) is 12.8 Å². The number of nitrogens with zero attached hydrogens (tertiary/aromatic N) is 1. The van der Waals surface area contributed by atoms with Crippen molar-refractivity contribution in [3.63, 3.8) is 0 Å². The highest BCUT2D eigenvalue weighted by molar-refractivity contribution is 5.93. The number of nitrogens with one attached hydrogen (secondary N) is 2. The Labute approximate surface area is 108 Å². The van der Waals surface area contributed by atoms with Gasteiger partial charge in [0.05, 0.1) is 11.7 Å². The van der Waals surface area contributed by atoms with Crippen LogP contribution in [-0.4, -0.2) is 12.0 Å². The number of rotatable bonds is 2. The molecule has 2 rings (SSSR count). The standard InChI is InChI=1S/C12H15F3N4/c13-7-5-9(14)11(15)10(6-7)18-12(19-16)17-8-3-1-2-4-8/h5-6,8H,1-4,16H2,(H2,17,18,19). The number of benzene rings is 1. The number of nitrogens with two attached hydrogens (primary N) is 1. The van der Waals surface area contributed by atoms with Gasteiger partial charge in [0.2, 0.25) is 5.96 Å². The lowest BCUT2D eigenvalue weighted by Gasteiger charge is -2.12. The lowest BCUT2D eigenvalue weighted by atomic mass is 10.2. The first-order valence-corrected chi connectivity index (χ1v) is 6.06. The Morgan fingerprint density at radius 3 is 2.53 bits per heavy atom. The summed E-state index contributed by atoms with van der Waals surface area (Å²) in [6, 6.07) is 1.42. The van der Waals surface area contributed by atoms with E-state index in [9.17, 15) is 13.2 Å². The van der Waals surface area contributed by atoms with Crippen LogP contribution in [0.5, 0.6) is 0 Å². The van der Waals surface area contributed by atoms with Crippen LogP contribution in [0.2, 0.25) is 0 Å². The Morgan fingerprint density at radius 1 is 1.21 bits per heavy atom. The number of aliphatic imine (C=N–C) groups is 1. The molecule has 1 aromatic carbocycles. The Bertz CT molecular complexity index is 484. The molecule has 0 unspecified atom stereocenters. The molecule has 0 aromatic heterocycles. The van der Waals surface area contributed by atoms with Crippen LogP contribution in [0.15, 0.2) is 17.1 Å². The van der Waals surface area contributed by atoms with Crippen molar-refractivity contribution in [1.82, 2.24) is 5.43 Å². The molecular weight excluding hydrogens is 257 g/mol. The highest BCUT2D eigenvalue weighted by atomic mass is 19.2. The fourth-order valence-electron chi connectivity index (χ4n) is 2.10. The molecule has 1 fully saturated rings. The third kappa shape index (κ3) is 3.37. The summed E-state index contributed by atoms with van der Waals surface area (Å²) in [5.74, 6) is 2.05. The van der Waals surface area contributed by atoms with Crippen molar-refractivity contribution in [2.24, 2.45) is 10.8 Å². The zero-order valence-electron chi connectivity index (χ0n) is 10.2. The Hall–Kier alpha value is -1.76. The molecule has 0 aliphatic heterocycles. The average Bonchev–Trinajstić information content (AvgIpc) is 2.87. The van der Waals surface area contributed by atoms with Gasteiger partial charge < -0.3 is 5.32 Å². The van der Waals surface area contributed by atoms with Crippen molar-refractivity contribution >= 4 is 11.6 Å². The number of anilines is 1. The van der Waals surface area contributed by atoms with Crippen molar-refractivity contribution in [2.75, 3.05) is 5.32 Å². The fourth-order valence-corrected chi connectivity index (χ4v) is 2.10. The normalized spacial score (nSPS) is 16.7. The highest BCUT2D eigenvalue weighted by Crippen LogP contribution is 2.22. The first-order valence-electron chi connectivity index (χ1n) is 6.06. The van der Waals surface area contributed by atoms with Crippen molar-refractivity contribution in [3.8, 4) is 0 Å². The molecule has 0 saturated heterocycles. The quantitative estimate of drug-likeness (QED) is 0.254. The van der Waals surface area contributed by atoms with Gasteiger partial charge in [0.15, 0.2) is 11.6 Å². The van der Waals surface area contributed by atoms with E-state index < -0.39 is 17.5 Å². The third-order valence-corrected chi connectivity index (χ3v) is 3.02. The zero-order chi connectivity index (χ0) is 13.8. The Morgan fingerprint density at radius 2 is 1.89 bits per heavy atom. The molecule has 19 heavy (non-hydrogen) atoms. The molecule has 4 N–H and O–H groups in total. The second-order valence-corrected chi connectivity index (χ2v) is 4.43. The van der Waals surface area contributed by atoms with Crippen molar-refractivity contribution in [1.29, 1.82) is 0 Å². The van der Waals surface area contributed by atoms with Crippen LogP contribution < -0.4 is 16.6 Å². The van der Waals surface area contributed by atoms with Gasteiger partial charge in [-0.25, -0.2) is 24.0 Å². The largest absolute Gasteiger partial charge is 0.323 e. The molecule has 0 bridgehead atoms. The summed E-state index contributed by atoms with van der Waals surface area (Å²) in [6.45, 7) is 0. The molecule has 4 nitrogen and oxygen atoms in total. The third-order valence-electron chi connectivity index (χ3n) is 3.02. The van der Waals surface area contributed by atoms with Crippen LogP contribution in [0.25, 0.3) is 0 Å². The molecule has 0 amide bonds. The molecule has 0 spiro atoms. The van der Waals surface area contributed by atoms with Crippen LogP contribution >= 0.6 is 0 Å². The summed E-state index contributed by atoms with van der Waals surface area (Å²) in [5, 5.41) is 2.46. The van der Waals surface area contributed by atoms with E-state index in [4.69, 9.17) is 5.84 Å². The minimum atomic E-state index is -1.26. The monoisotopic (exact) mass is 272 g/mol. The number of hydrogen-bond acceptors (Lipinski definition) is 2. The number of hydrogen-bond donors (Lipinski definition) is 3. The van der Waals surface area contributed by atoms with E-state index in [2.05, 4.69) is 15.7 Å².